The highest BCUT2D eigenvalue weighted by atomic mass is 32.2. The Labute approximate surface area is 184 Å². The fraction of sp³-hybridized carbons (Fsp3) is 0.440. The molecule has 2 aromatic heterocycles. The van der Waals surface area contributed by atoms with Crippen molar-refractivity contribution < 1.29 is 13.2 Å². The Balaban J connectivity index is 1.77. The van der Waals surface area contributed by atoms with E-state index >= 15 is 0 Å². The van der Waals surface area contributed by atoms with Crippen molar-refractivity contribution in [2.75, 3.05) is 6.26 Å². The van der Waals surface area contributed by atoms with E-state index in [4.69, 9.17) is 4.98 Å². The van der Waals surface area contributed by atoms with Crippen LogP contribution in [0.2, 0.25) is 0 Å². The number of carbonyl (C=O) groups excluding carboxylic acids is 1. The number of fused-ring (bicyclic) bond motifs is 1. The fourth-order valence-corrected chi connectivity index (χ4v) is 5.12. The molecule has 3 aromatic rings. The zero-order chi connectivity index (χ0) is 22.2. The second-order valence-electron chi connectivity index (χ2n) is 9.08. The first-order valence-electron chi connectivity index (χ1n) is 11.1. The largest absolute Gasteiger partial charge is 0.331 e. The molecule has 0 radical (unpaired) electrons. The third kappa shape index (κ3) is 4.59. The molecule has 0 saturated heterocycles. The maximum absolute atomic E-state index is 12.9. The molecule has 1 aliphatic carbocycles. The predicted molar refractivity (Wildman–Crippen MR) is 124 cm³/mol. The molecule has 0 spiro atoms. The summed E-state index contributed by atoms with van der Waals surface area (Å²) < 4.78 is 25.7. The van der Waals surface area contributed by atoms with Crippen molar-refractivity contribution in [2.45, 2.75) is 57.4 Å². The van der Waals surface area contributed by atoms with Crippen molar-refractivity contribution >= 4 is 26.7 Å². The number of Topliss-reactive ketones (excluding diaryl/α,β-unsaturated/α-hetero) is 1. The molecule has 0 unspecified atom stereocenters. The van der Waals surface area contributed by atoms with Crippen molar-refractivity contribution in [1.82, 2.24) is 9.55 Å². The number of rotatable bonds is 6. The minimum atomic E-state index is -3.24. The van der Waals surface area contributed by atoms with Gasteiger partial charge in [0.05, 0.1) is 10.6 Å². The second-order valence-corrected chi connectivity index (χ2v) is 11.1. The monoisotopic (exact) mass is 438 g/mol. The number of hydrogen-bond donors (Lipinski definition) is 0. The van der Waals surface area contributed by atoms with Gasteiger partial charge in [-0.05, 0) is 43.0 Å². The van der Waals surface area contributed by atoms with Crippen molar-refractivity contribution in [1.29, 1.82) is 0 Å². The van der Waals surface area contributed by atoms with Gasteiger partial charge in [-0.2, -0.15) is 0 Å². The second kappa shape index (κ2) is 8.58. The van der Waals surface area contributed by atoms with E-state index in [1.807, 2.05) is 32.2 Å². The molecule has 6 heteroatoms. The van der Waals surface area contributed by atoms with Gasteiger partial charge in [0.2, 0.25) is 0 Å². The van der Waals surface area contributed by atoms with Gasteiger partial charge in [-0.3, -0.25) is 4.79 Å². The van der Waals surface area contributed by atoms with Gasteiger partial charge in [-0.15, -0.1) is 0 Å². The lowest BCUT2D eigenvalue weighted by Crippen LogP contribution is -2.14. The summed E-state index contributed by atoms with van der Waals surface area (Å²) in [5.74, 6) is 0.683. The molecular formula is C25H30N2O3S. The number of carbonyl (C=O) groups is 1. The smallest absolute Gasteiger partial charge is 0.175 e. The Morgan fingerprint density at radius 3 is 2.35 bits per heavy atom. The van der Waals surface area contributed by atoms with Crippen LogP contribution in [-0.4, -0.2) is 30.0 Å². The summed E-state index contributed by atoms with van der Waals surface area (Å²) in [6.45, 7) is 4.74. The summed E-state index contributed by atoms with van der Waals surface area (Å²) in [5.41, 5.74) is 3.21. The molecule has 1 aromatic carbocycles. The van der Waals surface area contributed by atoms with E-state index in [-0.39, 0.29) is 11.7 Å². The van der Waals surface area contributed by atoms with E-state index in [0.29, 0.717) is 10.8 Å². The van der Waals surface area contributed by atoms with Gasteiger partial charge in [-0.1, -0.05) is 45.2 Å². The van der Waals surface area contributed by atoms with Crippen LogP contribution in [0.5, 0.6) is 0 Å². The van der Waals surface area contributed by atoms with Gasteiger partial charge in [-0.25, -0.2) is 13.4 Å². The average Bonchev–Trinajstić information content (AvgIpc) is 3.11. The van der Waals surface area contributed by atoms with Crippen LogP contribution in [0.4, 0.5) is 0 Å². The van der Waals surface area contributed by atoms with Crippen molar-refractivity contribution in [3.05, 3.63) is 48.2 Å². The Kier molecular flexibility index (Phi) is 6.02. The SMILES string of the molecule is CC(C)C(=O)c1cn(CC2CCCCC2)c2nc(-c3ccc(S(C)(=O)=O)cc3)ccc12. The highest BCUT2D eigenvalue weighted by Crippen LogP contribution is 2.30. The number of hydrogen-bond acceptors (Lipinski definition) is 4. The number of sulfone groups is 1. The number of ketones is 1. The molecule has 1 saturated carbocycles. The third-order valence-electron chi connectivity index (χ3n) is 6.27. The predicted octanol–water partition coefficient (Wildman–Crippen LogP) is 5.53. The lowest BCUT2D eigenvalue weighted by atomic mass is 9.89. The molecule has 31 heavy (non-hydrogen) atoms. The number of aromatic nitrogens is 2. The molecule has 0 atom stereocenters. The zero-order valence-electron chi connectivity index (χ0n) is 18.5. The van der Waals surface area contributed by atoms with Gasteiger partial charge in [0.1, 0.15) is 5.65 Å². The third-order valence-corrected chi connectivity index (χ3v) is 7.40. The summed E-state index contributed by atoms with van der Waals surface area (Å²) >= 11 is 0. The summed E-state index contributed by atoms with van der Waals surface area (Å²) in [7, 11) is -3.24. The molecule has 164 valence electrons. The van der Waals surface area contributed by atoms with Crippen LogP contribution in [0.15, 0.2) is 47.5 Å². The van der Waals surface area contributed by atoms with Crippen LogP contribution in [0.3, 0.4) is 0 Å². The lowest BCUT2D eigenvalue weighted by Gasteiger charge is -2.22. The molecule has 5 nitrogen and oxygen atoms in total. The van der Waals surface area contributed by atoms with Gasteiger partial charge in [0.25, 0.3) is 0 Å². The Hall–Kier alpha value is -2.47. The Morgan fingerprint density at radius 2 is 1.74 bits per heavy atom. The highest BCUT2D eigenvalue weighted by Gasteiger charge is 2.22. The maximum Gasteiger partial charge on any atom is 0.175 e. The zero-order valence-corrected chi connectivity index (χ0v) is 19.3. The van der Waals surface area contributed by atoms with Gasteiger partial charge < -0.3 is 4.57 Å². The minimum absolute atomic E-state index is 0.0723. The van der Waals surface area contributed by atoms with Crippen LogP contribution in [0.25, 0.3) is 22.3 Å². The molecule has 1 fully saturated rings. The summed E-state index contributed by atoms with van der Waals surface area (Å²) in [4.78, 5) is 18.1. The van der Waals surface area contributed by atoms with Gasteiger partial charge in [0, 0.05) is 41.4 Å². The summed E-state index contributed by atoms with van der Waals surface area (Å²) in [6.07, 6.45) is 9.49. The quantitative estimate of drug-likeness (QED) is 0.475. The molecule has 2 heterocycles. The van der Waals surface area contributed by atoms with Crippen LogP contribution >= 0.6 is 0 Å². The fourth-order valence-electron chi connectivity index (χ4n) is 4.49. The Bertz CT molecular complexity index is 1200. The number of pyridine rings is 1. The molecule has 0 aliphatic heterocycles. The molecule has 0 amide bonds. The van der Waals surface area contributed by atoms with E-state index in [1.54, 1.807) is 24.3 Å². The van der Waals surface area contributed by atoms with E-state index in [1.165, 1.54) is 38.4 Å². The van der Waals surface area contributed by atoms with Crippen LogP contribution < -0.4 is 0 Å². The van der Waals surface area contributed by atoms with Crippen molar-refractivity contribution in [2.24, 2.45) is 11.8 Å². The lowest BCUT2D eigenvalue weighted by molar-refractivity contribution is 0.0940. The standard InChI is InChI=1S/C25H30N2O3S/c1-17(2)24(28)22-16-27(15-18-7-5-4-6-8-18)25-21(22)13-14-23(26-25)19-9-11-20(12-10-19)31(3,29)30/h9-14,16-18H,4-8,15H2,1-3H3. The first-order chi connectivity index (χ1) is 14.7. The summed E-state index contributed by atoms with van der Waals surface area (Å²) in [6, 6.07) is 10.7. The van der Waals surface area contributed by atoms with Gasteiger partial charge >= 0.3 is 0 Å². The highest BCUT2D eigenvalue weighted by molar-refractivity contribution is 7.90. The van der Waals surface area contributed by atoms with E-state index < -0.39 is 9.84 Å². The van der Waals surface area contributed by atoms with Crippen molar-refractivity contribution in [3.63, 3.8) is 0 Å². The average molecular weight is 439 g/mol. The minimum Gasteiger partial charge on any atom is -0.331 e. The van der Waals surface area contributed by atoms with Crippen LogP contribution in [0, 0.1) is 11.8 Å². The molecule has 1 aliphatic rings. The molecule has 0 N–H and O–H groups in total. The molecular weight excluding hydrogens is 408 g/mol. The maximum atomic E-state index is 12.9. The van der Waals surface area contributed by atoms with E-state index in [9.17, 15) is 13.2 Å². The van der Waals surface area contributed by atoms with Gasteiger partial charge in [0.15, 0.2) is 15.6 Å². The van der Waals surface area contributed by atoms with E-state index in [2.05, 4.69) is 4.57 Å². The van der Waals surface area contributed by atoms with Crippen LogP contribution in [-0.2, 0) is 16.4 Å². The van der Waals surface area contributed by atoms with E-state index in [0.717, 1.165) is 34.4 Å². The molecule has 0 bridgehead atoms. The molecule has 4 rings (SSSR count). The van der Waals surface area contributed by atoms with Crippen molar-refractivity contribution in [3.8, 4) is 11.3 Å². The first kappa shape index (κ1) is 21.8. The normalized spacial score (nSPS) is 15.6. The topological polar surface area (TPSA) is 69.0 Å². The van der Waals surface area contributed by atoms with Crippen LogP contribution in [0.1, 0.15) is 56.3 Å². The number of nitrogens with zero attached hydrogens (tertiary/aromatic N) is 2. The summed E-state index contributed by atoms with van der Waals surface area (Å²) in [5, 5.41) is 0.894. The first-order valence-corrected chi connectivity index (χ1v) is 13.0. The number of benzene rings is 1. The Morgan fingerprint density at radius 1 is 1.06 bits per heavy atom.